The van der Waals surface area contributed by atoms with Crippen LogP contribution in [0.15, 0.2) is 36.1 Å². The molecule has 0 aliphatic heterocycles. The molecule has 0 fully saturated rings. The molecule has 0 spiro atoms. The molecule has 0 aromatic heterocycles. The van der Waals surface area contributed by atoms with Gasteiger partial charge in [0.05, 0.1) is 0 Å². The summed E-state index contributed by atoms with van der Waals surface area (Å²) in [5, 5.41) is 0. The average molecular weight is 253 g/mol. The Hall–Kier alpha value is -1.06. The van der Waals surface area contributed by atoms with E-state index in [2.05, 4.69) is 25.9 Å². The Bertz CT molecular complexity index is 288. The minimum Gasteiger partial charge on any atom is -0.405 e. The van der Waals surface area contributed by atoms with E-state index in [1.807, 2.05) is 39.8 Å². The van der Waals surface area contributed by atoms with E-state index in [4.69, 9.17) is 11.6 Å². The largest absolute Gasteiger partial charge is 0.405 e. The van der Waals surface area contributed by atoms with Gasteiger partial charge >= 0.3 is 0 Å². The Kier molecular flexibility index (Phi) is 10.6. The monoisotopic (exact) mass is 253 g/mol. The molecule has 0 saturated heterocycles. The van der Waals surface area contributed by atoms with E-state index in [1.165, 1.54) is 5.57 Å². The Morgan fingerprint density at radius 2 is 1.78 bits per heavy atom. The van der Waals surface area contributed by atoms with E-state index < -0.39 is 0 Å². The van der Waals surface area contributed by atoms with E-state index in [9.17, 15) is 0 Å². The first-order chi connectivity index (χ1) is 8.56. The van der Waals surface area contributed by atoms with Gasteiger partial charge in [0.1, 0.15) is 0 Å². The summed E-state index contributed by atoms with van der Waals surface area (Å²) < 4.78 is 0. The molecule has 1 aliphatic carbocycles. The predicted molar refractivity (Wildman–Crippen MR) is 82.8 cm³/mol. The van der Waals surface area contributed by atoms with Crippen LogP contribution in [-0.4, -0.2) is 6.04 Å². The van der Waals surface area contributed by atoms with Gasteiger partial charge in [-0.25, -0.2) is 0 Å². The zero-order valence-corrected chi connectivity index (χ0v) is 12.9. The molecule has 18 heavy (non-hydrogen) atoms. The normalized spacial score (nSPS) is 20.9. The zero-order valence-electron chi connectivity index (χ0n) is 12.9. The smallest absolute Gasteiger partial charge is 0.0471 e. The van der Waals surface area contributed by atoms with E-state index in [-0.39, 0.29) is 11.5 Å². The fraction of sp³-hybridized carbons (Fsp3) is 0.600. The third-order valence-electron chi connectivity index (χ3n) is 2.81. The van der Waals surface area contributed by atoms with Crippen molar-refractivity contribution >= 4 is 0 Å². The van der Waals surface area contributed by atoms with E-state index >= 15 is 0 Å². The van der Waals surface area contributed by atoms with Crippen molar-refractivity contribution in [1.82, 2.24) is 5.43 Å². The second kappa shape index (κ2) is 9.92. The van der Waals surface area contributed by atoms with Gasteiger partial charge in [-0.3, -0.25) is 11.3 Å². The van der Waals surface area contributed by atoms with Gasteiger partial charge in [-0.2, -0.15) is 0 Å². The summed E-state index contributed by atoms with van der Waals surface area (Å²) >= 11 is 0. The van der Waals surface area contributed by atoms with Gasteiger partial charge < -0.3 is 5.73 Å². The van der Waals surface area contributed by atoms with E-state index in [0.717, 1.165) is 12.0 Å². The number of allylic oxidation sites excluding steroid dienone is 2. The maximum Gasteiger partial charge on any atom is 0.0471 e. The molecule has 0 amide bonds. The Labute approximate surface area is 113 Å². The van der Waals surface area contributed by atoms with Gasteiger partial charge in [-0.1, -0.05) is 54.2 Å². The third-order valence-corrected chi connectivity index (χ3v) is 2.81. The van der Waals surface area contributed by atoms with Gasteiger partial charge in [0.25, 0.3) is 0 Å². The minimum absolute atomic E-state index is 0.119. The van der Waals surface area contributed by atoms with Crippen LogP contribution in [-0.2, 0) is 0 Å². The number of nitrogens with two attached hydrogens (primary N) is 2. The van der Waals surface area contributed by atoms with Crippen molar-refractivity contribution < 1.29 is 0 Å². The molecular formula is C15H31N3. The predicted octanol–water partition coefficient (Wildman–Crippen LogP) is 3.26. The number of hydrogen-bond donors (Lipinski definition) is 3. The van der Waals surface area contributed by atoms with Gasteiger partial charge in [-0.15, -0.1) is 0 Å². The van der Waals surface area contributed by atoms with E-state index in [0.29, 0.717) is 0 Å². The Morgan fingerprint density at radius 3 is 2.11 bits per heavy atom. The summed E-state index contributed by atoms with van der Waals surface area (Å²) in [5.74, 6) is 5.50. The second-order valence-electron chi connectivity index (χ2n) is 4.24. The summed E-state index contributed by atoms with van der Waals surface area (Å²) in [5.41, 5.74) is 10.7. The first-order valence-corrected chi connectivity index (χ1v) is 6.78. The van der Waals surface area contributed by atoms with Crippen molar-refractivity contribution in [2.75, 3.05) is 0 Å². The lowest BCUT2D eigenvalue weighted by atomic mass is 9.85. The second-order valence-corrected chi connectivity index (χ2v) is 4.24. The first kappa shape index (κ1) is 19.3. The van der Waals surface area contributed by atoms with Gasteiger partial charge in [0.2, 0.25) is 0 Å². The lowest BCUT2D eigenvalue weighted by Gasteiger charge is -2.20. The molecule has 0 aromatic carbocycles. The summed E-state index contributed by atoms with van der Waals surface area (Å²) in [7, 11) is 0. The third kappa shape index (κ3) is 4.67. The summed E-state index contributed by atoms with van der Waals surface area (Å²) in [4.78, 5) is 0. The first-order valence-electron chi connectivity index (χ1n) is 6.78. The number of nitrogens with one attached hydrogen (secondary N) is 1. The SMILES string of the molecule is C=CC1=C(/C=C\N)C(NN)CC1(C)C.CC.CC. The molecule has 1 aliphatic rings. The van der Waals surface area contributed by atoms with Crippen molar-refractivity contribution in [3.63, 3.8) is 0 Å². The molecule has 0 radical (unpaired) electrons. The standard InChI is InChI=1S/C11H19N3.2C2H6/c1-4-9-8(5-6-12)10(14-13)7-11(9,2)3;2*1-2/h4-6,10,14H,1,7,12-13H2,2-3H3;2*1-2H3/b6-5-;;. The van der Waals surface area contributed by atoms with Crippen LogP contribution in [0.4, 0.5) is 0 Å². The van der Waals surface area contributed by atoms with Gasteiger partial charge in [0, 0.05) is 6.04 Å². The van der Waals surface area contributed by atoms with Crippen LogP contribution in [0.25, 0.3) is 0 Å². The highest BCUT2D eigenvalue weighted by atomic mass is 15.2. The highest BCUT2D eigenvalue weighted by Gasteiger charge is 2.35. The van der Waals surface area contributed by atoms with Crippen LogP contribution in [0.2, 0.25) is 0 Å². The molecule has 1 unspecified atom stereocenters. The van der Waals surface area contributed by atoms with Crippen molar-refractivity contribution in [3.8, 4) is 0 Å². The molecule has 0 heterocycles. The van der Waals surface area contributed by atoms with Crippen LogP contribution in [0.3, 0.4) is 0 Å². The van der Waals surface area contributed by atoms with Crippen LogP contribution < -0.4 is 17.0 Å². The molecule has 0 aromatic rings. The summed E-state index contributed by atoms with van der Waals surface area (Å²) in [6.07, 6.45) is 6.32. The lowest BCUT2D eigenvalue weighted by Crippen LogP contribution is -2.35. The van der Waals surface area contributed by atoms with Crippen molar-refractivity contribution in [2.24, 2.45) is 17.0 Å². The van der Waals surface area contributed by atoms with Crippen molar-refractivity contribution in [3.05, 3.63) is 36.1 Å². The quantitative estimate of drug-likeness (QED) is 0.534. The van der Waals surface area contributed by atoms with Crippen LogP contribution >= 0.6 is 0 Å². The maximum absolute atomic E-state index is 5.50. The number of hydrogen-bond acceptors (Lipinski definition) is 3. The van der Waals surface area contributed by atoms with Crippen molar-refractivity contribution in [2.45, 2.75) is 54.0 Å². The topological polar surface area (TPSA) is 64.1 Å². The fourth-order valence-electron chi connectivity index (χ4n) is 2.16. The van der Waals surface area contributed by atoms with E-state index in [1.54, 1.807) is 6.20 Å². The van der Waals surface area contributed by atoms with Gasteiger partial charge in [-0.05, 0) is 35.3 Å². The molecule has 106 valence electrons. The Balaban J connectivity index is 0. The van der Waals surface area contributed by atoms with Gasteiger partial charge in [0.15, 0.2) is 0 Å². The number of rotatable bonds is 3. The molecule has 1 rings (SSSR count). The number of hydrazine groups is 1. The maximum atomic E-state index is 5.50. The Morgan fingerprint density at radius 1 is 1.28 bits per heavy atom. The van der Waals surface area contributed by atoms with Crippen molar-refractivity contribution in [1.29, 1.82) is 0 Å². The molecule has 0 bridgehead atoms. The highest BCUT2D eigenvalue weighted by molar-refractivity contribution is 5.44. The summed E-state index contributed by atoms with van der Waals surface area (Å²) in [6, 6.07) is 0.179. The average Bonchev–Trinajstić information content (AvgIpc) is 2.65. The fourth-order valence-corrected chi connectivity index (χ4v) is 2.16. The van der Waals surface area contributed by atoms with Crippen LogP contribution in [0, 0.1) is 5.41 Å². The molecule has 1 atom stereocenters. The lowest BCUT2D eigenvalue weighted by molar-refractivity contribution is 0.403. The highest BCUT2D eigenvalue weighted by Crippen LogP contribution is 2.43. The molecule has 3 heteroatoms. The zero-order chi connectivity index (χ0) is 14.8. The molecule has 0 saturated carbocycles. The summed E-state index contributed by atoms with van der Waals surface area (Å²) in [6.45, 7) is 16.2. The van der Waals surface area contributed by atoms with Crippen LogP contribution in [0.1, 0.15) is 48.0 Å². The molecule has 5 N–H and O–H groups in total. The molecular weight excluding hydrogens is 222 g/mol. The minimum atomic E-state index is 0.119. The van der Waals surface area contributed by atoms with Crippen LogP contribution in [0.5, 0.6) is 0 Å². The molecule has 3 nitrogen and oxygen atoms in total.